The second-order valence-electron chi connectivity index (χ2n) is 6.33. The summed E-state index contributed by atoms with van der Waals surface area (Å²) in [4.78, 5) is 14.3. The van der Waals surface area contributed by atoms with Gasteiger partial charge >= 0.3 is 0 Å². The number of para-hydroxylation sites is 1. The Labute approximate surface area is 152 Å². The molecule has 1 atom stereocenters. The molecule has 0 fully saturated rings. The Balaban J connectivity index is 1.74. The predicted molar refractivity (Wildman–Crippen MR) is 106 cm³/mol. The van der Waals surface area contributed by atoms with E-state index in [1.165, 1.54) is 16.5 Å². The van der Waals surface area contributed by atoms with Gasteiger partial charge in [-0.3, -0.25) is 4.79 Å². The highest BCUT2D eigenvalue weighted by atomic mass is 32.1. The zero-order valence-corrected chi connectivity index (χ0v) is 15.6. The molecular weight excluding hydrogens is 330 g/mol. The molecule has 0 saturated carbocycles. The van der Waals surface area contributed by atoms with Crippen LogP contribution >= 0.6 is 11.3 Å². The van der Waals surface area contributed by atoms with Gasteiger partial charge in [-0.2, -0.15) is 11.3 Å². The van der Waals surface area contributed by atoms with Gasteiger partial charge in [-0.05, 0) is 54.2 Å². The molecule has 130 valence electrons. The molecule has 4 nitrogen and oxygen atoms in total. The number of fused-ring (bicyclic) bond motifs is 1. The van der Waals surface area contributed by atoms with E-state index in [2.05, 4.69) is 46.2 Å². The van der Waals surface area contributed by atoms with Gasteiger partial charge in [0.25, 0.3) is 0 Å². The first kappa shape index (κ1) is 17.5. The second kappa shape index (κ2) is 7.68. The molecule has 0 aliphatic rings. The Kier molecular flexibility index (Phi) is 5.36. The molecule has 3 aromatic rings. The Morgan fingerprint density at radius 3 is 2.84 bits per heavy atom. The average molecular weight is 353 g/mol. The van der Waals surface area contributed by atoms with Crippen LogP contribution in [0.1, 0.15) is 17.2 Å². The van der Waals surface area contributed by atoms with Gasteiger partial charge in [0, 0.05) is 36.8 Å². The average Bonchev–Trinajstić information content (AvgIpc) is 3.22. The van der Waals surface area contributed by atoms with E-state index in [1.807, 2.05) is 43.1 Å². The van der Waals surface area contributed by atoms with Crippen molar-refractivity contribution in [1.82, 2.24) is 14.8 Å². The Morgan fingerprint density at radius 1 is 1.32 bits per heavy atom. The molecule has 1 unspecified atom stereocenters. The fourth-order valence-electron chi connectivity index (χ4n) is 3.01. The molecule has 1 N–H and O–H groups in total. The van der Waals surface area contributed by atoms with E-state index in [-0.39, 0.29) is 11.9 Å². The lowest BCUT2D eigenvalue weighted by atomic mass is 10.0. The maximum absolute atomic E-state index is 12.1. The number of carbonyl (C=O) groups is 1. The molecular formula is C20H23N3OS. The quantitative estimate of drug-likeness (QED) is 0.687. The number of rotatable bonds is 6. The van der Waals surface area contributed by atoms with Crippen molar-refractivity contribution in [3.8, 4) is 0 Å². The van der Waals surface area contributed by atoms with Crippen molar-refractivity contribution in [3.63, 3.8) is 0 Å². The first-order valence-electron chi connectivity index (χ1n) is 8.25. The fraction of sp³-hybridized carbons (Fsp3) is 0.250. The molecule has 2 aromatic heterocycles. The van der Waals surface area contributed by atoms with E-state index >= 15 is 0 Å². The summed E-state index contributed by atoms with van der Waals surface area (Å²) in [6, 6.07) is 10.5. The topological polar surface area (TPSA) is 37.3 Å². The predicted octanol–water partition coefficient (Wildman–Crippen LogP) is 3.67. The SMILES string of the molecule is CN(C)C(CNC(=O)/C=C/c1ccsc1)c1cn(C)c2ccccc12. The minimum atomic E-state index is -0.0710. The van der Waals surface area contributed by atoms with Crippen LogP contribution < -0.4 is 5.32 Å². The van der Waals surface area contributed by atoms with Gasteiger partial charge in [0.15, 0.2) is 0 Å². The molecule has 2 heterocycles. The Morgan fingerprint density at radius 2 is 2.12 bits per heavy atom. The van der Waals surface area contributed by atoms with Crippen molar-refractivity contribution >= 4 is 34.2 Å². The number of benzene rings is 1. The van der Waals surface area contributed by atoms with Crippen molar-refractivity contribution in [3.05, 3.63) is 64.5 Å². The number of aromatic nitrogens is 1. The third kappa shape index (κ3) is 4.00. The van der Waals surface area contributed by atoms with Crippen LogP contribution in [0.4, 0.5) is 0 Å². The normalized spacial score (nSPS) is 13.0. The van der Waals surface area contributed by atoms with Crippen molar-refractivity contribution in [2.24, 2.45) is 7.05 Å². The van der Waals surface area contributed by atoms with Gasteiger partial charge in [-0.25, -0.2) is 0 Å². The highest BCUT2D eigenvalue weighted by Gasteiger charge is 2.19. The van der Waals surface area contributed by atoms with Crippen molar-refractivity contribution in [2.75, 3.05) is 20.6 Å². The maximum atomic E-state index is 12.1. The summed E-state index contributed by atoms with van der Waals surface area (Å²) in [7, 11) is 6.14. The number of amides is 1. The fourth-order valence-corrected chi connectivity index (χ4v) is 3.64. The number of thiophene rings is 1. The molecule has 25 heavy (non-hydrogen) atoms. The number of hydrogen-bond acceptors (Lipinski definition) is 3. The molecule has 0 aliphatic heterocycles. The third-order valence-corrected chi connectivity index (χ3v) is 5.05. The van der Waals surface area contributed by atoms with Gasteiger partial charge in [0.05, 0.1) is 6.04 Å². The van der Waals surface area contributed by atoms with E-state index in [0.717, 1.165) is 5.56 Å². The molecule has 1 amide bonds. The van der Waals surface area contributed by atoms with Crippen molar-refractivity contribution in [2.45, 2.75) is 6.04 Å². The van der Waals surface area contributed by atoms with Crippen LogP contribution in [0.5, 0.6) is 0 Å². The van der Waals surface area contributed by atoms with Crippen LogP contribution in [-0.4, -0.2) is 36.0 Å². The van der Waals surface area contributed by atoms with E-state index < -0.39 is 0 Å². The van der Waals surface area contributed by atoms with Gasteiger partial charge < -0.3 is 14.8 Å². The van der Waals surface area contributed by atoms with Crippen LogP contribution in [0.15, 0.2) is 53.4 Å². The number of carbonyl (C=O) groups excluding carboxylic acids is 1. The minimum Gasteiger partial charge on any atom is -0.351 e. The summed E-state index contributed by atoms with van der Waals surface area (Å²) in [6.45, 7) is 0.563. The highest BCUT2D eigenvalue weighted by Crippen LogP contribution is 2.28. The molecule has 5 heteroatoms. The number of nitrogens with zero attached hydrogens (tertiary/aromatic N) is 2. The van der Waals surface area contributed by atoms with E-state index in [4.69, 9.17) is 0 Å². The summed E-state index contributed by atoms with van der Waals surface area (Å²) >= 11 is 1.62. The zero-order valence-electron chi connectivity index (χ0n) is 14.8. The Bertz CT molecular complexity index is 878. The lowest BCUT2D eigenvalue weighted by molar-refractivity contribution is -0.116. The summed E-state index contributed by atoms with van der Waals surface area (Å²) in [5.41, 5.74) is 3.48. The lowest BCUT2D eigenvalue weighted by Crippen LogP contribution is -2.33. The van der Waals surface area contributed by atoms with Gasteiger partial charge in [0.2, 0.25) is 5.91 Å². The molecule has 0 bridgehead atoms. The largest absolute Gasteiger partial charge is 0.351 e. The lowest BCUT2D eigenvalue weighted by Gasteiger charge is -2.24. The Hall–Kier alpha value is -2.37. The summed E-state index contributed by atoms with van der Waals surface area (Å²) < 4.78 is 2.14. The van der Waals surface area contributed by atoms with Crippen LogP contribution in [0.3, 0.4) is 0 Å². The number of aryl methyl sites for hydroxylation is 1. The third-order valence-electron chi connectivity index (χ3n) is 4.35. The molecule has 0 spiro atoms. The molecule has 3 rings (SSSR count). The second-order valence-corrected chi connectivity index (χ2v) is 7.11. The van der Waals surface area contributed by atoms with E-state index in [0.29, 0.717) is 6.54 Å². The monoisotopic (exact) mass is 353 g/mol. The number of nitrogens with one attached hydrogen (secondary N) is 1. The summed E-state index contributed by atoms with van der Waals surface area (Å²) in [6.07, 6.45) is 5.59. The summed E-state index contributed by atoms with van der Waals surface area (Å²) in [5, 5.41) is 8.27. The number of hydrogen-bond donors (Lipinski definition) is 1. The molecule has 0 radical (unpaired) electrons. The van der Waals surface area contributed by atoms with Crippen LogP contribution in [-0.2, 0) is 11.8 Å². The van der Waals surface area contributed by atoms with E-state index in [1.54, 1.807) is 17.4 Å². The van der Waals surface area contributed by atoms with Crippen LogP contribution in [0.25, 0.3) is 17.0 Å². The molecule has 0 aliphatic carbocycles. The molecule has 0 saturated heterocycles. The molecule has 1 aromatic carbocycles. The summed E-state index contributed by atoms with van der Waals surface area (Å²) in [5.74, 6) is -0.0710. The highest BCUT2D eigenvalue weighted by molar-refractivity contribution is 7.08. The standard InChI is InChI=1S/C20H23N3OS/c1-22(2)19(12-21-20(24)9-8-15-10-11-25-14-15)17-13-23(3)18-7-5-4-6-16(17)18/h4-11,13-14,19H,12H2,1-3H3,(H,21,24)/b9-8+. The van der Waals surface area contributed by atoms with Crippen molar-refractivity contribution in [1.29, 1.82) is 0 Å². The van der Waals surface area contributed by atoms with E-state index in [9.17, 15) is 4.79 Å². The zero-order chi connectivity index (χ0) is 17.8. The van der Waals surface area contributed by atoms with Crippen molar-refractivity contribution < 1.29 is 4.79 Å². The maximum Gasteiger partial charge on any atom is 0.244 e. The smallest absolute Gasteiger partial charge is 0.244 e. The van der Waals surface area contributed by atoms with Crippen LogP contribution in [0.2, 0.25) is 0 Å². The van der Waals surface area contributed by atoms with Gasteiger partial charge in [-0.1, -0.05) is 18.2 Å². The van der Waals surface area contributed by atoms with Crippen LogP contribution in [0, 0.1) is 0 Å². The van der Waals surface area contributed by atoms with Gasteiger partial charge in [0.1, 0.15) is 0 Å². The first-order valence-corrected chi connectivity index (χ1v) is 9.19. The van der Waals surface area contributed by atoms with Gasteiger partial charge in [-0.15, -0.1) is 0 Å². The first-order chi connectivity index (χ1) is 12.1. The number of likely N-dealkylation sites (N-methyl/N-ethyl adjacent to an activating group) is 1. The minimum absolute atomic E-state index is 0.0710.